The highest BCUT2D eigenvalue weighted by Gasteiger charge is 2.39. The van der Waals surface area contributed by atoms with Crippen LogP contribution in [0.1, 0.15) is 11.4 Å². The number of aromatic nitrogens is 2. The van der Waals surface area contributed by atoms with Crippen molar-refractivity contribution >= 4 is 11.0 Å². The Kier molecular flexibility index (Phi) is 3.64. The highest BCUT2D eigenvalue weighted by molar-refractivity contribution is 5.77. The fourth-order valence-corrected chi connectivity index (χ4v) is 1.90. The first-order chi connectivity index (χ1) is 9.50. The predicted octanol–water partition coefficient (Wildman–Crippen LogP) is 3.06. The van der Waals surface area contributed by atoms with Gasteiger partial charge in [0.05, 0.1) is 16.6 Å². The maximum absolute atomic E-state index is 12.6. The van der Waals surface area contributed by atoms with E-state index in [0.29, 0.717) is 0 Å². The number of hydrogen-bond acceptors (Lipinski definition) is 2. The lowest BCUT2D eigenvalue weighted by Crippen LogP contribution is -2.31. The van der Waals surface area contributed by atoms with E-state index in [4.69, 9.17) is 5.11 Å². The smallest absolute Gasteiger partial charge is 0.383 e. The second-order valence-corrected chi connectivity index (χ2v) is 4.55. The highest BCUT2D eigenvalue weighted by atomic mass is 19.4. The summed E-state index contributed by atoms with van der Waals surface area (Å²) in [7, 11) is 1.38. The fourth-order valence-electron chi connectivity index (χ4n) is 1.90. The Morgan fingerprint density at radius 3 is 2.33 bits per heavy atom. The van der Waals surface area contributed by atoms with Crippen LogP contribution < -0.4 is 0 Å². The second kappa shape index (κ2) is 4.90. The van der Waals surface area contributed by atoms with Gasteiger partial charge in [0, 0.05) is 13.5 Å². The molecule has 0 aliphatic heterocycles. The Bertz CT molecular complexity index is 658. The molecule has 0 spiro atoms. The molecule has 1 aromatic heterocycles. The van der Waals surface area contributed by atoms with Gasteiger partial charge in [-0.3, -0.25) is 0 Å². The van der Waals surface area contributed by atoms with Crippen LogP contribution in [0.5, 0.6) is 0 Å². The van der Waals surface area contributed by atoms with Crippen molar-refractivity contribution in [2.75, 3.05) is 0 Å². The molecule has 0 radical (unpaired) electrons. The van der Waals surface area contributed by atoms with Crippen LogP contribution in [0.4, 0.5) is 26.3 Å². The minimum Gasteiger partial charge on any atom is -0.383 e. The fraction of sp³-hybridized carbons (Fsp3) is 0.417. The van der Waals surface area contributed by atoms with Gasteiger partial charge >= 0.3 is 12.4 Å². The molecule has 21 heavy (non-hydrogen) atoms. The first kappa shape index (κ1) is 15.6. The molecule has 1 heterocycles. The molecule has 0 saturated heterocycles. The summed E-state index contributed by atoms with van der Waals surface area (Å²) in [6.07, 6.45) is -12.8. The number of alkyl halides is 6. The zero-order valence-electron chi connectivity index (χ0n) is 10.6. The van der Waals surface area contributed by atoms with Crippen molar-refractivity contribution < 1.29 is 31.4 Å². The van der Waals surface area contributed by atoms with Gasteiger partial charge in [-0.15, -0.1) is 0 Å². The van der Waals surface area contributed by atoms with Crippen LogP contribution in [0.2, 0.25) is 0 Å². The third-order valence-corrected chi connectivity index (χ3v) is 3.05. The third kappa shape index (κ3) is 3.12. The second-order valence-electron chi connectivity index (χ2n) is 4.55. The molecule has 116 valence electrons. The first-order valence-electron chi connectivity index (χ1n) is 5.77. The Morgan fingerprint density at radius 1 is 1.19 bits per heavy atom. The monoisotopic (exact) mass is 312 g/mol. The normalized spacial score (nSPS) is 14.7. The molecule has 0 aliphatic carbocycles. The molecule has 1 atom stereocenters. The summed E-state index contributed by atoms with van der Waals surface area (Å²) in [5, 5.41) is 9.01. The number of halogens is 6. The van der Waals surface area contributed by atoms with Crippen LogP contribution in [0.25, 0.3) is 11.0 Å². The number of benzene rings is 1. The summed E-state index contributed by atoms with van der Waals surface area (Å²) >= 11 is 0. The number of aliphatic hydroxyl groups excluding tert-OH is 1. The minimum absolute atomic E-state index is 0.0725. The van der Waals surface area contributed by atoms with E-state index in [1.54, 1.807) is 0 Å². The molecule has 0 fully saturated rings. The van der Waals surface area contributed by atoms with Gasteiger partial charge in [-0.05, 0) is 18.2 Å². The topological polar surface area (TPSA) is 38.0 Å². The molecule has 0 aliphatic rings. The van der Waals surface area contributed by atoms with Gasteiger partial charge in [-0.25, -0.2) is 4.98 Å². The molecule has 1 N–H and O–H groups in total. The van der Waals surface area contributed by atoms with Crippen molar-refractivity contribution in [1.29, 1.82) is 0 Å². The molecule has 0 bridgehead atoms. The van der Waals surface area contributed by atoms with Crippen LogP contribution in [0.3, 0.4) is 0 Å². The van der Waals surface area contributed by atoms with Gasteiger partial charge in [-0.1, -0.05) is 0 Å². The van der Waals surface area contributed by atoms with Crippen molar-refractivity contribution in [2.45, 2.75) is 24.9 Å². The maximum atomic E-state index is 12.6. The molecule has 0 saturated carbocycles. The molecule has 0 amide bonds. The summed E-state index contributed by atoms with van der Waals surface area (Å²) in [5.74, 6) is -0.144. The number of nitrogens with zero attached hydrogens (tertiary/aromatic N) is 2. The van der Waals surface area contributed by atoms with Crippen LogP contribution >= 0.6 is 0 Å². The number of fused-ring (bicyclic) bond motifs is 1. The van der Waals surface area contributed by atoms with Crippen LogP contribution in [0.15, 0.2) is 18.2 Å². The lowest BCUT2D eigenvalue weighted by molar-refractivity contribution is -0.203. The standard InChI is InChI=1S/C12H10F6N2O/c1-20-8-3-2-6(11(13,14)15)4-7(8)19-10(20)5-9(21)12(16,17)18/h2-4,9,21H,5H2,1H3. The lowest BCUT2D eigenvalue weighted by atomic mass is 10.2. The van der Waals surface area contributed by atoms with Crippen LogP contribution in [0, 0.1) is 0 Å². The zero-order valence-corrected chi connectivity index (χ0v) is 10.6. The zero-order chi connectivity index (χ0) is 16.0. The molecular weight excluding hydrogens is 302 g/mol. The van der Waals surface area contributed by atoms with Crippen LogP contribution in [-0.4, -0.2) is 26.9 Å². The van der Waals surface area contributed by atoms with Gasteiger partial charge in [0.2, 0.25) is 0 Å². The third-order valence-electron chi connectivity index (χ3n) is 3.05. The van der Waals surface area contributed by atoms with Crippen molar-refractivity contribution in [1.82, 2.24) is 9.55 Å². The van der Waals surface area contributed by atoms with E-state index in [1.807, 2.05) is 0 Å². The van der Waals surface area contributed by atoms with E-state index in [9.17, 15) is 26.3 Å². The van der Waals surface area contributed by atoms with E-state index in [-0.39, 0.29) is 16.9 Å². The minimum atomic E-state index is -4.81. The highest BCUT2D eigenvalue weighted by Crippen LogP contribution is 2.31. The molecule has 9 heteroatoms. The summed E-state index contributed by atoms with van der Waals surface area (Å²) < 4.78 is 75.8. The summed E-state index contributed by atoms with van der Waals surface area (Å²) in [5.41, 5.74) is -0.750. The van der Waals surface area contributed by atoms with Crippen molar-refractivity contribution in [3.63, 3.8) is 0 Å². The van der Waals surface area contributed by atoms with E-state index < -0.39 is 30.4 Å². The molecule has 1 unspecified atom stereocenters. The Hall–Kier alpha value is -1.77. The number of imidazole rings is 1. The largest absolute Gasteiger partial charge is 0.416 e. The van der Waals surface area contributed by atoms with E-state index >= 15 is 0 Å². The van der Waals surface area contributed by atoms with Gasteiger partial charge in [0.25, 0.3) is 0 Å². The molecule has 2 aromatic rings. The molecule has 2 rings (SSSR count). The molecule has 1 aromatic carbocycles. The summed E-state index contributed by atoms with van der Waals surface area (Å²) in [6.45, 7) is 0. The summed E-state index contributed by atoms with van der Waals surface area (Å²) in [4.78, 5) is 3.74. The number of hydrogen-bond donors (Lipinski definition) is 1. The van der Waals surface area contributed by atoms with Gasteiger partial charge in [0.15, 0.2) is 6.10 Å². The first-order valence-corrected chi connectivity index (χ1v) is 5.77. The van der Waals surface area contributed by atoms with E-state index in [2.05, 4.69) is 4.98 Å². The SMILES string of the molecule is Cn1c(CC(O)C(F)(F)F)nc2cc(C(F)(F)F)ccc21. The number of rotatable bonds is 2. The van der Waals surface area contributed by atoms with Crippen molar-refractivity contribution in [2.24, 2.45) is 7.05 Å². The van der Waals surface area contributed by atoms with Gasteiger partial charge in [-0.2, -0.15) is 26.3 Å². The maximum Gasteiger partial charge on any atom is 0.416 e. The van der Waals surface area contributed by atoms with Gasteiger partial charge < -0.3 is 9.67 Å². The molecular formula is C12H10F6N2O. The quantitative estimate of drug-likeness (QED) is 0.866. The van der Waals surface area contributed by atoms with E-state index in [1.165, 1.54) is 11.6 Å². The average Bonchev–Trinajstić information content (AvgIpc) is 2.63. The Morgan fingerprint density at radius 2 is 1.81 bits per heavy atom. The molecule has 3 nitrogen and oxygen atoms in total. The average molecular weight is 312 g/mol. The van der Waals surface area contributed by atoms with Crippen molar-refractivity contribution in [3.8, 4) is 0 Å². The van der Waals surface area contributed by atoms with Gasteiger partial charge in [0.1, 0.15) is 5.82 Å². The Labute approximate surface area is 114 Å². The van der Waals surface area contributed by atoms with E-state index in [0.717, 1.165) is 18.2 Å². The predicted molar refractivity (Wildman–Crippen MR) is 61.5 cm³/mol. The lowest BCUT2D eigenvalue weighted by Gasteiger charge is -2.13. The Balaban J connectivity index is 2.41. The van der Waals surface area contributed by atoms with Crippen LogP contribution in [-0.2, 0) is 19.6 Å². The summed E-state index contributed by atoms with van der Waals surface area (Å²) in [6, 6.07) is 2.72. The van der Waals surface area contributed by atoms with Crippen molar-refractivity contribution in [3.05, 3.63) is 29.6 Å². The number of aryl methyl sites for hydroxylation is 1. The number of aliphatic hydroxyl groups is 1.